The van der Waals surface area contributed by atoms with Crippen molar-refractivity contribution in [3.8, 4) is 17.6 Å². The molecule has 0 radical (unpaired) electrons. The molecule has 1 aromatic carbocycles. The van der Waals surface area contributed by atoms with Gasteiger partial charge in [-0.15, -0.1) is 5.92 Å². The molecule has 1 unspecified atom stereocenters. The van der Waals surface area contributed by atoms with Gasteiger partial charge in [0.1, 0.15) is 5.75 Å². The Balaban J connectivity index is 2.30. The molecule has 17 heavy (non-hydrogen) atoms. The summed E-state index contributed by atoms with van der Waals surface area (Å²) in [5.74, 6) is 6.81. The first-order chi connectivity index (χ1) is 8.26. The maximum absolute atomic E-state index is 5.13. The van der Waals surface area contributed by atoms with E-state index >= 15 is 0 Å². The Morgan fingerprint density at radius 3 is 2.59 bits per heavy atom. The molecule has 0 saturated heterocycles. The average molecular weight is 231 g/mol. The maximum Gasteiger partial charge on any atom is 0.118 e. The van der Waals surface area contributed by atoms with Crippen LogP contribution in [-0.4, -0.2) is 19.7 Å². The summed E-state index contributed by atoms with van der Waals surface area (Å²) in [6.07, 6.45) is 2.20. The third-order valence-corrected chi connectivity index (χ3v) is 2.74. The van der Waals surface area contributed by atoms with Crippen molar-refractivity contribution < 1.29 is 4.74 Å². The van der Waals surface area contributed by atoms with Crippen LogP contribution in [0.3, 0.4) is 0 Å². The number of rotatable bonds is 6. The van der Waals surface area contributed by atoms with Crippen molar-refractivity contribution in [2.45, 2.75) is 32.7 Å². The van der Waals surface area contributed by atoms with Crippen LogP contribution in [0.1, 0.15) is 25.8 Å². The zero-order chi connectivity index (χ0) is 12.5. The first-order valence-electron chi connectivity index (χ1n) is 6.02. The summed E-state index contributed by atoms with van der Waals surface area (Å²) in [4.78, 5) is 0. The number of hydrogen-bond donors (Lipinski definition) is 1. The van der Waals surface area contributed by atoms with Gasteiger partial charge in [0.25, 0.3) is 0 Å². The second-order valence-electron chi connectivity index (χ2n) is 4.10. The van der Waals surface area contributed by atoms with E-state index in [0.29, 0.717) is 6.04 Å². The van der Waals surface area contributed by atoms with E-state index in [0.717, 1.165) is 25.1 Å². The van der Waals surface area contributed by atoms with E-state index in [4.69, 9.17) is 4.74 Å². The highest BCUT2D eigenvalue weighted by molar-refractivity contribution is 5.27. The molecule has 0 aliphatic carbocycles. The van der Waals surface area contributed by atoms with E-state index < -0.39 is 0 Å². The number of benzene rings is 1. The number of ether oxygens (including phenoxy) is 1. The monoisotopic (exact) mass is 231 g/mol. The highest BCUT2D eigenvalue weighted by Crippen LogP contribution is 2.13. The summed E-state index contributed by atoms with van der Waals surface area (Å²) in [7, 11) is 1.69. The molecule has 0 bridgehead atoms. The third kappa shape index (κ3) is 5.42. The number of aryl methyl sites for hydroxylation is 1. The zero-order valence-electron chi connectivity index (χ0n) is 10.9. The van der Waals surface area contributed by atoms with E-state index in [9.17, 15) is 0 Å². The topological polar surface area (TPSA) is 21.3 Å². The average Bonchev–Trinajstić information content (AvgIpc) is 2.37. The summed E-state index contributed by atoms with van der Waals surface area (Å²) in [5.41, 5.74) is 1.35. The summed E-state index contributed by atoms with van der Waals surface area (Å²) in [5, 5.41) is 3.38. The van der Waals surface area contributed by atoms with Crippen LogP contribution in [-0.2, 0) is 6.42 Å². The van der Waals surface area contributed by atoms with Crippen molar-refractivity contribution in [3.63, 3.8) is 0 Å². The van der Waals surface area contributed by atoms with Gasteiger partial charge in [-0.1, -0.05) is 18.1 Å². The van der Waals surface area contributed by atoms with Crippen molar-refractivity contribution in [2.24, 2.45) is 0 Å². The molecule has 0 spiro atoms. The summed E-state index contributed by atoms with van der Waals surface area (Å²) >= 11 is 0. The Hall–Kier alpha value is -1.46. The second-order valence-corrected chi connectivity index (χ2v) is 4.10. The molecular formula is C15H21NO. The highest BCUT2D eigenvalue weighted by Gasteiger charge is 2.01. The lowest BCUT2D eigenvalue weighted by molar-refractivity contribution is 0.414. The summed E-state index contributed by atoms with van der Waals surface area (Å²) in [6, 6.07) is 8.76. The minimum Gasteiger partial charge on any atom is -0.497 e. The molecule has 0 saturated carbocycles. The molecule has 0 heterocycles. The Morgan fingerprint density at radius 1 is 1.29 bits per heavy atom. The van der Waals surface area contributed by atoms with Crippen molar-refractivity contribution in [3.05, 3.63) is 29.8 Å². The molecule has 92 valence electrons. The molecule has 1 aromatic rings. The lowest BCUT2D eigenvalue weighted by atomic mass is 10.1. The van der Waals surface area contributed by atoms with Gasteiger partial charge >= 0.3 is 0 Å². The molecule has 0 aliphatic rings. The minimum atomic E-state index is 0.498. The Labute approximate surface area is 104 Å². The second kappa shape index (κ2) is 7.76. The molecule has 1 atom stereocenters. The predicted octanol–water partition coefficient (Wildman–Crippen LogP) is 2.63. The van der Waals surface area contributed by atoms with E-state index in [1.54, 1.807) is 7.11 Å². The fourth-order valence-corrected chi connectivity index (χ4v) is 1.59. The maximum atomic E-state index is 5.13. The van der Waals surface area contributed by atoms with Gasteiger partial charge in [0.15, 0.2) is 0 Å². The predicted molar refractivity (Wildman–Crippen MR) is 72.2 cm³/mol. The quantitative estimate of drug-likeness (QED) is 0.760. The Bertz CT molecular complexity index is 372. The third-order valence-electron chi connectivity index (χ3n) is 2.74. The number of hydrogen-bond acceptors (Lipinski definition) is 2. The van der Waals surface area contributed by atoms with Gasteiger partial charge in [0.2, 0.25) is 0 Å². The van der Waals surface area contributed by atoms with Gasteiger partial charge in [0.05, 0.1) is 13.7 Å². The van der Waals surface area contributed by atoms with E-state index in [1.807, 2.05) is 19.1 Å². The molecule has 0 aliphatic heterocycles. The fourth-order valence-electron chi connectivity index (χ4n) is 1.59. The molecule has 1 N–H and O–H groups in total. The first kappa shape index (κ1) is 13.6. The summed E-state index contributed by atoms with van der Waals surface area (Å²) in [6.45, 7) is 4.84. The van der Waals surface area contributed by atoms with E-state index in [-0.39, 0.29) is 0 Å². The van der Waals surface area contributed by atoms with Gasteiger partial charge in [-0.05, 0) is 44.4 Å². The van der Waals surface area contributed by atoms with Crippen molar-refractivity contribution in [1.29, 1.82) is 0 Å². The Kier molecular flexibility index (Phi) is 6.21. The molecular weight excluding hydrogens is 210 g/mol. The fraction of sp³-hybridized carbons (Fsp3) is 0.467. The van der Waals surface area contributed by atoms with Crippen LogP contribution in [0.4, 0.5) is 0 Å². The van der Waals surface area contributed by atoms with Crippen molar-refractivity contribution in [1.82, 2.24) is 5.32 Å². The molecule has 0 amide bonds. The smallest absolute Gasteiger partial charge is 0.118 e. The lowest BCUT2D eigenvalue weighted by Crippen LogP contribution is -2.26. The zero-order valence-corrected chi connectivity index (χ0v) is 10.9. The molecule has 1 rings (SSSR count). The highest BCUT2D eigenvalue weighted by atomic mass is 16.5. The van der Waals surface area contributed by atoms with Crippen LogP contribution >= 0.6 is 0 Å². The molecule has 2 heteroatoms. The standard InChI is InChI=1S/C15H21NO/c1-4-5-12-16-13(2)6-7-14-8-10-15(17-3)11-9-14/h8-11,13,16H,6-7,12H2,1-3H3. The van der Waals surface area contributed by atoms with Gasteiger partial charge in [-0.2, -0.15) is 0 Å². The van der Waals surface area contributed by atoms with Gasteiger partial charge < -0.3 is 10.1 Å². The number of methoxy groups -OCH3 is 1. The first-order valence-corrected chi connectivity index (χ1v) is 6.02. The van der Waals surface area contributed by atoms with Crippen LogP contribution in [0.25, 0.3) is 0 Å². The van der Waals surface area contributed by atoms with Crippen LogP contribution in [0.15, 0.2) is 24.3 Å². The van der Waals surface area contributed by atoms with Gasteiger partial charge in [0, 0.05) is 6.04 Å². The normalized spacial score (nSPS) is 11.5. The van der Waals surface area contributed by atoms with Crippen molar-refractivity contribution >= 4 is 0 Å². The van der Waals surface area contributed by atoms with Crippen LogP contribution in [0.5, 0.6) is 5.75 Å². The van der Waals surface area contributed by atoms with Crippen LogP contribution in [0.2, 0.25) is 0 Å². The molecule has 2 nitrogen and oxygen atoms in total. The van der Waals surface area contributed by atoms with E-state index in [1.165, 1.54) is 5.56 Å². The molecule has 0 fully saturated rings. The SMILES string of the molecule is CC#CCNC(C)CCc1ccc(OC)cc1. The van der Waals surface area contributed by atoms with Crippen molar-refractivity contribution in [2.75, 3.05) is 13.7 Å². The summed E-state index contributed by atoms with van der Waals surface area (Å²) < 4.78 is 5.13. The Morgan fingerprint density at radius 2 is 2.00 bits per heavy atom. The lowest BCUT2D eigenvalue weighted by Gasteiger charge is -2.11. The minimum absolute atomic E-state index is 0.498. The molecule has 0 aromatic heterocycles. The van der Waals surface area contributed by atoms with Gasteiger partial charge in [-0.3, -0.25) is 0 Å². The number of nitrogens with one attached hydrogen (secondary N) is 1. The van der Waals surface area contributed by atoms with Crippen LogP contribution < -0.4 is 10.1 Å². The van der Waals surface area contributed by atoms with Crippen LogP contribution in [0, 0.1) is 11.8 Å². The van der Waals surface area contributed by atoms with Gasteiger partial charge in [-0.25, -0.2) is 0 Å². The van der Waals surface area contributed by atoms with E-state index in [2.05, 4.69) is 36.2 Å². The largest absolute Gasteiger partial charge is 0.497 e.